The summed E-state index contributed by atoms with van der Waals surface area (Å²) in [4.78, 5) is 3.48. The standard InChI is InChI=1S/C13H14BrClN2/c14-12-9-5-4-8(15)7-11(9)17-13(12)10-3-1-2-6-16-10/h4-5,7,10,16-17H,1-3,6H2. The van der Waals surface area contributed by atoms with Gasteiger partial charge in [-0.25, -0.2) is 0 Å². The molecular weight excluding hydrogens is 300 g/mol. The lowest BCUT2D eigenvalue weighted by Crippen LogP contribution is -2.27. The molecule has 2 aromatic rings. The third kappa shape index (κ3) is 2.12. The fraction of sp³-hybridized carbons (Fsp3) is 0.385. The summed E-state index contributed by atoms with van der Waals surface area (Å²) in [7, 11) is 0. The first-order chi connectivity index (χ1) is 8.25. The molecule has 2 N–H and O–H groups in total. The van der Waals surface area contributed by atoms with Crippen LogP contribution < -0.4 is 5.32 Å². The highest BCUT2D eigenvalue weighted by molar-refractivity contribution is 9.10. The number of H-pyrrole nitrogens is 1. The summed E-state index contributed by atoms with van der Waals surface area (Å²) in [6.07, 6.45) is 3.76. The number of hydrogen-bond donors (Lipinski definition) is 2. The quantitative estimate of drug-likeness (QED) is 0.802. The highest BCUT2D eigenvalue weighted by atomic mass is 79.9. The fourth-order valence-corrected chi connectivity index (χ4v) is 3.39. The normalized spacial score (nSPS) is 20.9. The van der Waals surface area contributed by atoms with Crippen LogP contribution in [0.15, 0.2) is 22.7 Å². The Labute approximate surface area is 114 Å². The van der Waals surface area contributed by atoms with E-state index < -0.39 is 0 Å². The summed E-state index contributed by atoms with van der Waals surface area (Å²) in [5.74, 6) is 0. The molecule has 1 aromatic heterocycles. The number of hydrogen-bond acceptors (Lipinski definition) is 1. The predicted molar refractivity (Wildman–Crippen MR) is 75.6 cm³/mol. The lowest BCUT2D eigenvalue weighted by atomic mass is 10.0. The second-order valence-electron chi connectivity index (χ2n) is 4.55. The van der Waals surface area contributed by atoms with Gasteiger partial charge in [0.2, 0.25) is 0 Å². The van der Waals surface area contributed by atoms with Gasteiger partial charge in [-0.05, 0) is 47.4 Å². The maximum absolute atomic E-state index is 6.02. The summed E-state index contributed by atoms with van der Waals surface area (Å²) in [5, 5.41) is 5.54. The Morgan fingerprint density at radius 3 is 2.94 bits per heavy atom. The average molecular weight is 314 g/mol. The number of aromatic amines is 1. The van der Waals surface area contributed by atoms with Crippen molar-refractivity contribution in [3.05, 3.63) is 33.4 Å². The molecule has 1 atom stereocenters. The van der Waals surface area contributed by atoms with Crippen LogP contribution in [0.25, 0.3) is 10.9 Å². The molecule has 17 heavy (non-hydrogen) atoms. The lowest BCUT2D eigenvalue weighted by Gasteiger charge is -2.22. The zero-order chi connectivity index (χ0) is 11.8. The zero-order valence-corrected chi connectivity index (χ0v) is 11.7. The van der Waals surface area contributed by atoms with E-state index in [9.17, 15) is 0 Å². The third-order valence-electron chi connectivity index (χ3n) is 3.38. The Hall–Kier alpha value is -0.510. The summed E-state index contributed by atoms with van der Waals surface area (Å²) in [5.41, 5.74) is 2.36. The van der Waals surface area contributed by atoms with Crippen molar-refractivity contribution >= 4 is 38.4 Å². The second-order valence-corrected chi connectivity index (χ2v) is 5.77. The van der Waals surface area contributed by atoms with E-state index in [1.54, 1.807) is 0 Å². The molecule has 1 aliphatic heterocycles. The summed E-state index contributed by atoms with van der Waals surface area (Å²) >= 11 is 9.71. The van der Waals surface area contributed by atoms with Crippen molar-refractivity contribution in [1.82, 2.24) is 10.3 Å². The Morgan fingerprint density at radius 1 is 1.29 bits per heavy atom. The smallest absolute Gasteiger partial charge is 0.0484 e. The maximum Gasteiger partial charge on any atom is 0.0484 e. The molecular formula is C13H14BrClN2. The van der Waals surface area contributed by atoms with Gasteiger partial charge in [0.15, 0.2) is 0 Å². The van der Waals surface area contributed by atoms with Gasteiger partial charge in [-0.15, -0.1) is 0 Å². The molecule has 1 saturated heterocycles. The Bertz CT molecular complexity index is 544. The molecule has 3 rings (SSSR count). The number of fused-ring (bicyclic) bond motifs is 1. The summed E-state index contributed by atoms with van der Waals surface area (Å²) in [6.45, 7) is 1.10. The van der Waals surface area contributed by atoms with E-state index in [1.807, 2.05) is 12.1 Å². The van der Waals surface area contributed by atoms with Crippen molar-refractivity contribution in [2.75, 3.05) is 6.54 Å². The van der Waals surface area contributed by atoms with Gasteiger partial charge in [-0.1, -0.05) is 24.1 Å². The number of nitrogens with one attached hydrogen (secondary N) is 2. The number of piperidine rings is 1. The number of aromatic nitrogens is 1. The molecule has 1 fully saturated rings. The van der Waals surface area contributed by atoms with E-state index in [1.165, 1.54) is 34.8 Å². The third-order valence-corrected chi connectivity index (χ3v) is 4.47. The van der Waals surface area contributed by atoms with Crippen LogP contribution >= 0.6 is 27.5 Å². The highest BCUT2D eigenvalue weighted by Crippen LogP contribution is 2.35. The minimum Gasteiger partial charge on any atom is -0.356 e. The van der Waals surface area contributed by atoms with E-state index in [0.717, 1.165) is 17.1 Å². The number of halogens is 2. The molecule has 2 nitrogen and oxygen atoms in total. The van der Waals surface area contributed by atoms with Crippen LogP contribution in [0, 0.1) is 0 Å². The molecule has 0 aliphatic carbocycles. The minimum absolute atomic E-state index is 0.435. The highest BCUT2D eigenvalue weighted by Gasteiger charge is 2.20. The van der Waals surface area contributed by atoms with Crippen LogP contribution in [0.5, 0.6) is 0 Å². The van der Waals surface area contributed by atoms with Crippen molar-refractivity contribution in [3.8, 4) is 0 Å². The molecule has 0 radical (unpaired) electrons. The number of benzene rings is 1. The molecule has 1 unspecified atom stereocenters. The lowest BCUT2D eigenvalue weighted by molar-refractivity contribution is 0.406. The average Bonchev–Trinajstić information content (AvgIpc) is 2.67. The first kappa shape index (κ1) is 11.6. The van der Waals surface area contributed by atoms with Gasteiger partial charge in [0, 0.05) is 32.1 Å². The fourth-order valence-electron chi connectivity index (χ4n) is 2.49. The topological polar surface area (TPSA) is 27.8 Å². The number of rotatable bonds is 1. The van der Waals surface area contributed by atoms with Crippen LogP contribution in [-0.4, -0.2) is 11.5 Å². The van der Waals surface area contributed by atoms with Gasteiger partial charge >= 0.3 is 0 Å². The van der Waals surface area contributed by atoms with E-state index in [2.05, 4.69) is 32.3 Å². The second kappa shape index (κ2) is 4.63. The molecule has 2 heterocycles. The predicted octanol–water partition coefficient (Wildman–Crippen LogP) is 4.40. The minimum atomic E-state index is 0.435. The van der Waals surface area contributed by atoms with Crippen molar-refractivity contribution in [3.63, 3.8) is 0 Å². The van der Waals surface area contributed by atoms with E-state index in [4.69, 9.17) is 11.6 Å². The van der Waals surface area contributed by atoms with E-state index in [0.29, 0.717) is 6.04 Å². The zero-order valence-electron chi connectivity index (χ0n) is 9.39. The molecule has 90 valence electrons. The van der Waals surface area contributed by atoms with Gasteiger partial charge < -0.3 is 10.3 Å². The Morgan fingerprint density at radius 2 is 2.18 bits per heavy atom. The van der Waals surface area contributed by atoms with Crippen LogP contribution in [0.2, 0.25) is 5.02 Å². The first-order valence-corrected chi connectivity index (χ1v) is 7.13. The SMILES string of the molecule is Clc1ccc2c(Br)c(C3CCCCN3)[nH]c2c1. The van der Waals surface area contributed by atoms with Crippen LogP contribution in [0.1, 0.15) is 31.0 Å². The molecule has 0 spiro atoms. The maximum atomic E-state index is 6.02. The van der Waals surface area contributed by atoms with Crippen molar-refractivity contribution < 1.29 is 0 Å². The van der Waals surface area contributed by atoms with Gasteiger partial charge in [-0.3, -0.25) is 0 Å². The largest absolute Gasteiger partial charge is 0.356 e. The van der Waals surface area contributed by atoms with Gasteiger partial charge in [0.1, 0.15) is 0 Å². The first-order valence-electron chi connectivity index (χ1n) is 5.96. The van der Waals surface area contributed by atoms with Gasteiger partial charge in [0.05, 0.1) is 0 Å². The molecule has 1 aliphatic rings. The van der Waals surface area contributed by atoms with Crippen LogP contribution in [-0.2, 0) is 0 Å². The Balaban J connectivity index is 2.07. The molecule has 4 heteroatoms. The van der Waals surface area contributed by atoms with Crippen LogP contribution in [0.4, 0.5) is 0 Å². The summed E-state index contributed by atoms with van der Waals surface area (Å²) < 4.78 is 1.17. The molecule has 1 aromatic carbocycles. The Kier molecular flexibility index (Phi) is 3.16. The van der Waals surface area contributed by atoms with Crippen LogP contribution in [0.3, 0.4) is 0 Å². The van der Waals surface area contributed by atoms with Crippen molar-refractivity contribution in [2.45, 2.75) is 25.3 Å². The summed E-state index contributed by atoms with van der Waals surface area (Å²) in [6, 6.07) is 6.41. The van der Waals surface area contributed by atoms with Crippen molar-refractivity contribution in [1.29, 1.82) is 0 Å². The van der Waals surface area contributed by atoms with E-state index >= 15 is 0 Å². The monoisotopic (exact) mass is 312 g/mol. The molecule has 0 bridgehead atoms. The molecule has 0 amide bonds. The molecule has 0 saturated carbocycles. The van der Waals surface area contributed by atoms with Gasteiger partial charge in [-0.2, -0.15) is 0 Å². The van der Waals surface area contributed by atoms with Crippen molar-refractivity contribution in [2.24, 2.45) is 0 Å². The van der Waals surface area contributed by atoms with Gasteiger partial charge in [0.25, 0.3) is 0 Å². The van der Waals surface area contributed by atoms with E-state index in [-0.39, 0.29) is 0 Å².